The summed E-state index contributed by atoms with van der Waals surface area (Å²) in [6.45, 7) is 1.81. The summed E-state index contributed by atoms with van der Waals surface area (Å²) in [5, 5.41) is 2.75. The van der Waals surface area contributed by atoms with E-state index in [9.17, 15) is 4.79 Å². The molecular weight excluding hydrogens is 376 g/mol. The lowest BCUT2D eigenvalue weighted by Gasteiger charge is -2.10. The summed E-state index contributed by atoms with van der Waals surface area (Å²) in [7, 11) is 0. The van der Waals surface area contributed by atoms with Gasteiger partial charge in [-0.2, -0.15) is 0 Å². The van der Waals surface area contributed by atoms with Crippen molar-refractivity contribution in [3.8, 4) is 0 Å². The SMILES string of the molecule is Cc1cnc(C(=O)Nc2c(Br)cc(N)cc2Br)cn1. The summed E-state index contributed by atoms with van der Waals surface area (Å²) in [5.41, 5.74) is 7.89. The Balaban J connectivity index is 2.26. The zero-order chi connectivity index (χ0) is 14.0. The molecule has 0 saturated heterocycles. The number of nitrogens with one attached hydrogen (secondary N) is 1. The molecule has 0 bridgehead atoms. The molecule has 0 unspecified atom stereocenters. The number of carbonyl (C=O) groups excluding carboxylic acids is 1. The fraction of sp³-hybridized carbons (Fsp3) is 0.0833. The first-order valence-electron chi connectivity index (χ1n) is 5.32. The van der Waals surface area contributed by atoms with Crippen LogP contribution in [0.2, 0.25) is 0 Å². The first-order valence-corrected chi connectivity index (χ1v) is 6.90. The fourth-order valence-electron chi connectivity index (χ4n) is 1.40. The molecule has 2 rings (SSSR count). The van der Waals surface area contributed by atoms with Gasteiger partial charge < -0.3 is 11.1 Å². The third-order valence-corrected chi connectivity index (χ3v) is 3.57. The van der Waals surface area contributed by atoms with Gasteiger partial charge in [0, 0.05) is 20.8 Å². The van der Waals surface area contributed by atoms with E-state index in [1.165, 1.54) is 6.20 Å². The van der Waals surface area contributed by atoms with Crippen LogP contribution in [0.25, 0.3) is 0 Å². The molecule has 0 fully saturated rings. The average Bonchev–Trinajstić information content (AvgIpc) is 2.34. The van der Waals surface area contributed by atoms with Crippen LogP contribution >= 0.6 is 31.9 Å². The lowest BCUT2D eigenvalue weighted by molar-refractivity contribution is 0.102. The number of nitrogens with two attached hydrogens (primary N) is 1. The second-order valence-electron chi connectivity index (χ2n) is 3.86. The van der Waals surface area contributed by atoms with Gasteiger partial charge in [-0.25, -0.2) is 4.98 Å². The van der Waals surface area contributed by atoms with E-state index < -0.39 is 0 Å². The number of nitrogen functional groups attached to an aromatic ring is 1. The molecule has 1 aromatic carbocycles. The van der Waals surface area contributed by atoms with Gasteiger partial charge in [0.2, 0.25) is 0 Å². The first-order chi connectivity index (χ1) is 8.97. The Morgan fingerprint density at radius 2 is 1.84 bits per heavy atom. The Morgan fingerprint density at radius 1 is 1.21 bits per heavy atom. The molecule has 3 N–H and O–H groups in total. The average molecular weight is 386 g/mol. The minimum absolute atomic E-state index is 0.251. The number of nitrogens with zero attached hydrogens (tertiary/aromatic N) is 2. The van der Waals surface area contributed by atoms with Gasteiger partial charge in [-0.05, 0) is 50.9 Å². The fourth-order valence-corrected chi connectivity index (χ4v) is 2.82. The second kappa shape index (κ2) is 5.66. The van der Waals surface area contributed by atoms with Crippen molar-refractivity contribution >= 4 is 49.1 Å². The first kappa shape index (κ1) is 14.0. The van der Waals surface area contributed by atoms with Crippen molar-refractivity contribution in [2.24, 2.45) is 0 Å². The number of aromatic nitrogens is 2. The lowest BCUT2D eigenvalue weighted by Crippen LogP contribution is -2.15. The normalized spacial score (nSPS) is 10.3. The number of hydrogen-bond donors (Lipinski definition) is 2. The number of aryl methyl sites for hydroxylation is 1. The van der Waals surface area contributed by atoms with Crippen molar-refractivity contribution in [1.82, 2.24) is 9.97 Å². The molecule has 1 amide bonds. The number of hydrogen-bond acceptors (Lipinski definition) is 4. The highest BCUT2D eigenvalue weighted by molar-refractivity contribution is 9.11. The Bertz CT molecular complexity index is 605. The van der Waals surface area contributed by atoms with Crippen LogP contribution < -0.4 is 11.1 Å². The van der Waals surface area contributed by atoms with Crippen molar-refractivity contribution in [3.63, 3.8) is 0 Å². The minimum atomic E-state index is -0.335. The Labute approximate surface area is 126 Å². The number of benzene rings is 1. The number of rotatable bonds is 2. The van der Waals surface area contributed by atoms with Crippen molar-refractivity contribution in [1.29, 1.82) is 0 Å². The van der Waals surface area contributed by atoms with Crippen LogP contribution in [-0.4, -0.2) is 15.9 Å². The van der Waals surface area contributed by atoms with Crippen LogP contribution in [0.5, 0.6) is 0 Å². The summed E-state index contributed by atoms with van der Waals surface area (Å²) in [6, 6.07) is 3.42. The van der Waals surface area contributed by atoms with Gasteiger partial charge in [-0.1, -0.05) is 0 Å². The number of amides is 1. The molecule has 98 valence electrons. The monoisotopic (exact) mass is 384 g/mol. The molecule has 0 spiro atoms. The Kier molecular flexibility index (Phi) is 4.16. The Hall–Kier alpha value is -1.47. The molecule has 0 saturated carbocycles. The summed E-state index contributed by atoms with van der Waals surface area (Å²) in [6.07, 6.45) is 2.98. The number of anilines is 2. The smallest absolute Gasteiger partial charge is 0.275 e. The van der Waals surface area contributed by atoms with Crippen LogP contribution in [0.1, 0.15) is 16.2 Å². The third-order valence-electron chi connectivity index (χ3n) is 2.32. The van der Waals surface area contributed by atoms with E-state index in [1.807, 2.05) is 6.92 Å². The zero-order valence-electron chi connectivity index (χ0n) is 9.95. The molecule has 5 nitrogen and oxygen atoms in total. The molecular formula is C12H10Br2N4O. The van der Waals surface area contributed by atoms with Crippen molar-refractivity contribution in [2.75, 3.05) is 11.1 Å². The zero-order valence-corrected chi connectivity index (χ0v) is 13.1. The molecule has 1 aromatic heterocycles. The van der Waals surface area contributed by atoms with Crippen LogP contribution in [0.15, 0.2) is 33.5 Å². The second-order valence-corrected chi connectivity index (χ2v) is 5.57. The quantitative estimate of drug-likeness (QED) is 0.778. The van der Waals surface area contributed by atoms with Gasteiger partial charge in [0.05, 0.1) is 17.6 Å². The van der Waals surface area contributed by atoms with Gasteiger partial charge in [-0.3, -0.25) is 9.78 Å². The van der Waals surface area contributed by atoms with Gasteiger partial charge >= 0.3 is 0 Å². The van der Waals surface area contributed by atoms with Crippen molar-refractivity contribution in [2.45, 2.75) is 6.92 Å². The predicted molar refractivity (Wildman–Crippen MR) is 81.0 cm³/mol. The Morgan fingerprint density at radius 3 is 2.37 bits per heavy atom. The molecule has 0 atom stereocenters. The highest BCUT2D eigenvalue weighted by Crippen LogP contribution is 2.33. The highest BCUT2D eigenvalue weighted by Gasteiger charge is 2.13. The molecule has 7 heteroatoms. The van der Waals surface area contributed by atoms with Gasteiger partial charge in [0.1, 0.15) is 5.69 Å². The number of halogens is 2. The largest absolute Gasteiger partial charge is 0.399 e. The van der Waals surface area contributed by atoms with Gasteiger partial charge in [-0.15, -0.1) is 0 Å². The maximum absolute atomic E-state index is 12.0. The van der Waals surface area contributed by atoms with Crippen LogP contribution in [0.4, 0.5) is 11.4 Å². The molecule has 19 heavy (non-hydrogen) atoms. The molecule has 2 aromatic rings. The van der Waals surface area contributed by atoms with E-state index in [4.69, 9.17) is 5.73 Å². The topological polar surface area (TPSA) is 80.9 Å². The molecule has 0 aliphatic heterocycles. The predicted octanol–water partition coefficient (Wildman–Crippen LogP) is 3.14. The van der Waals surface area contributed by atoms with E-state index in [1.54, 1.807) is 18.3 Å². The van der Waals surface area contributed by atoms with E-state index >= 15 is 0 Å². The van der Waals surface area contributed by atoms with E-state index in [2.05, 4.69) is 47.1 Å². The lowest BCUT2D eigenvalue weighted by atomic mass is 10.2. The standard InChI is InChI=1S/C12H10Br2N4O/c1-6-4-17-10(5-16-6)12(19)18-11-8(13)2-7(15)3-9(11)14/h2-5H,15H2,1H3,(H,18,19). The molecule has 1 heterocycles. The van der Waals surface area contributed by atoms with E-state index in [0.717, 1.165) is 5.69 Å². The summed E-state index contributed by atoms with van der Waals surface area (Å²) in [5.74, 6) is -0.335. The summed E-state index contributed by atoms with van der Waals surface area (Å²) < 4.78 is 1.38. The minimum Gasteiger partial charge on any atom is -0.399 e. The van der Waals surface area contributed by atoms with Crippen LogP contribution in [-0.2, 0) is 0 Å². The van der Waals surface area contributed by atoms with Gasteiger partial charge in [0.15, 0.2) is 0 Å². The van der Waals surface area contributed by atoms with Gasteiger partial charge in [0.25, 0.3) is 5.91 Å². The molecule has 0 aliphatic carbocycles. The van der Waals surface area contributed by atoms with Crippen LogP contribution in [0.3, 0.4) is 0 Å². The maximum Gasteiger partial charge on any atom is 0.275 e. The van der Waals surface area contributed by atoms with E-state index in [0.29, 0.717) is 20.3 Å². The van der Waals surface area contributed by atoms with E-state index in [-0.39, 0.29) is 11.6 Å². The molecule has 0 aliphatic rings. The third kappa shape index (κ3) is 3.30. The van der Waals surface area contributed by atoms with Crippen molar-refractivity contribution < 1.29 is 4.79 Å². The maximum atomic E-state index is 12.0. The highest BCUT2D eigenvalue weighted by atomic mass is 79.9. The molecule has 0 radical (unpaired) electrons. The number of carbonyl (C=O) groups is 1. The summed E-state index contributed by atoms with van der Waals surface area (Å²) >= 11 is 6.70. The van der Waals surface area contributed by atoms with Crippen LogP contribution in [0, 0.1) is 6.92 Å². The summed E-state index contributed by atoms with van der Waals surface area (Å²) in [4.78, 5) is 20.1. The van der Waals surface area contributed by atoms with Crippen molar-refractivity contribution in [3.05, 3.63) is 44.9 Å².